The minimum Gasteiger partial charge on any atom is -0.311 e. The summed E-state index contributed by atoms with van der Waals surface area (Å²) in [5, 5.41) is 4.85. The summed E-state index contributed by atoms with van der Waals surface area (Å²) >= 11 is 1.84. The van der Waals surface area contributed by atoms with Gasteiger partial charge in [0.1, 0.15) is 0 Å². The number of rotatable bonds is 10. The van der Waals surface area contributed by atoms with E-state index < -0.39 is 0 Å². The van der Waals surface area contributed by atoms with Crippen molar-refractivity contribution in [1.82, 2.24) is 34.5 Å². The van der Waals surface area contributed by atoms with Crippen LogP contribution in [-0.4, -0.2) is 41.2 Å². The number of aromatic nitrogens is 7. The van der Waals surface area contributed by atoms with Crippen LogP contribution in [0.3, 0.4) is 0 Å². The van der Waals surface area contributed by atoms with Crippen LogP contribution >= 0.6 is 11.3 Å². The molecule has 11 heteroatoms. The quantitative estimate of drug-likeness (QED) is 0.125. The predicted octanol–water partition coefficient (Wildman–Crippen LogP) is 19.3. The molecule has 0 saturated carbocycles. The highest BCUT2D eigenvalue weighted by atomic mass is 32.1. The van der Waals surface area contributed by atoms with Crippen molar-refractivity contribution in [1.29, 1.82) is 0 Å². The zero-order chi connectivity index (χ0) is 62.5. The first-order chi connectivity index (χ1) is 47.1. The van der Waals surface area contributed by atoms with E-state index in [1.165, 1.54) is 53.3 Å². The van der Waals surface area contributed by atoms with E-state index in [1.807, 2.05) is 90.2 Å². The van der Waals surface area contributed by atoms with Gasteiger partial charge in [0.15, 0.2) is 34.9 Å². The molecule has 0 saturated heterocycles. The van der Waals surface area contributed by atoms with Gasteiger partial charge in [0.05, 0.1) is 16.7 Å². The van der Waals surface area contributed by atoms with Gasteiger partial charge in [-0.25, -0.2) is 29.9 Å². The van der Waals surface area contributed by atoms with Gasteiger partial charge in [0.2, 0.25) is 0 Å². The molecule has 2 aliphatic rings. The van der Waals surface area contributed by atoms with Crippen molar-refractivity contribution < 1.29 is 0 Å². The van der Waals surface area contributed by atoms with E-state index in [4.69, 9.17) is 29.9 Å². The number of benzene rings is 13. The molecule has 4 aromatic heterocycles. The Bertz CT molecular complexity index is 5840. The Hall–Kier alpha value is -12.4. The first kappa shape index (κ1) is 54.3. The maximum atomic E-state index is 5.62. The van der Waals surface area contributed by atoms with Crippen molar-refractivity contribution in [2.45, 2.75) is 0 Å². The van der Waals surface area contributed by atoms with E-state index >= 15 is 0 Å². The van der Waals surface area contributed by atoms with Gasteiger partial charge >= 0.3 is 0 Å². The van der Waals surface area contributed by atoms with Gasteiger partial charge in [-0.2, -0.15) is 0 Å². The summed E-state index contributed by atoms with van der Waals surface area (Å²) in [7, 11) is 0. The Kier molecular flexibility index (Phi) is 12.7. The average molecular weight is 1230 g/mol. The van der Waals surface area contributed by atoms with E-state index in [2.05, 4.69) is 251 Å². The Morgan fingerprint density at radius 1 is 0.274 bits per heavy atom. The molecular weight excluding hydrogens is 1180 g/mol. The highest BCUT2D eigenvalue weighted by molar-refractivity contribution is 7.26. The van der Waals surface area contributed by atoms with Gasteiger partial charge in [-0.1, -0.05) is 224 Å². The normalized spacial score (nSPS) is 12.4. The lowest BCUT2D eigenvalue weighted by atomic mass is 9.33. The van der Waals surface area contributed by atoms with Crippen LogP contribution in [-0.2, 0) is 0 Å². The summed E-state index contributed by atoms with van der Waals surface area (Å²) < 4.78 is 4.89. The number of fused-ring (bicyclic) bond motifs is 11. The summed E-state index contributed by atoms with van der Waals surface area (Å²) in [6.45, 7) is 0.0402. The molecule has 9 nitrogen and oxygen atoms in total. The number of anilines is 6. The zero-order valence-electron chi connectivity index (χ0n) is 51.0. The molecule has 0 atom stereocenters. The Balaban J connectivity index is 0.793. The smallest absolute Gasteiger partial charge is 0.252 e. The third-order valence-corrected chi connectivity index (χ3v) is 19.9. The average Bonchev–Trinajstić information content (AvgIpc) is 1.20. The molecule has 17 aromatic rings. The Morgan fingerprint density at radius 2 is 0.726 bits per heavy atom. The Morgan fingerprint density at radius 3 is 1.37 bits per heavy atom. The molecule has 0 unspecified atom stereocenters. The topological polar surface area (TPSA) is 88.8 Å². The van der Waals surface area contributed by atoms with Crippen LogP contribution in [0.25, 0.3) is 127 Å². The fourth-order valence-electron chi connectivity index (χ4n) is 14.5. The standard InChI is InChI=1S/C84H52BN9S/c1-5-24-53(25-6-1)79-86-80(54-26-7-2-8-27-54)88-83(87-79)59-46-48-69(94-68-40-17-13-37-64(68)76-72(94)49-47-63-62-36-14-20-45-75(62)95-78(63)76)65(52-59)84-90-81(55-28-9-3-10-29-55)89-82(91-84)58-32-21-30-56(50-58)57-31-22-35-61(51-57)93-71-42-19-16-39-67(71)85-66-38-15-18-41-70(66)92(60-33-11-4-12-34-60)73-43-23-44-74(93)77(73)85/h1-52H. The highest BCUT2D eigenvalue weighted by Crippen LogP contribution is 2.47. The predicted molar refractivity (Wildman–Crippen MR) is 393 cm³/mol. The zero-order valence-corrected chi connectivity index (χ0v) is 51.8. The largest absolute Gasteiger partial charge is 0.311 e. The number of para-hydroxylation sites is 4. The van der Waals surface area contributed by atoms with Crippen LogP contribution in [0.4, 0.5) is 34.1 Å². The van der Waals surface area contributed by atoms with Gasteiger partial charge in [-0.05, 0) is 119 Å². The molecule has 6 heterocycles. The molecule has 0 aliphatic carbocycles. The molecule has 0 N–H and O–H groups in total. The van der Waals surface area contributed by atoms with Crippen molar-refractivity contribution in [2.24, 2.45) is 0 Å². The van der Waals surface area contributed by atoms with E-state index in [-0.39, 0.29) is 6.71 Å². The summed E-state index contributed by atoms with van der Waals surface area (Å²) in [6.07, 6.45) is 0. The maximum absolute atomic E-state index is 5.62. The lowest BCUT2D eigenvalue weighted by Gasteiger charge is -2.44. The Labute approximate surface area is 552 Å². The molecule has 19 rings (SSSR count). The minimum absolute atomic E-state index is 0.0402. The lowest BCUT2D eigenvalue weighted by molar-refractivity contribution is 1.06. The summed E-state index contributed by atoms with van der Waals surface area (Å²) in [5.74, 6) is 3.24. The van der Waals surface area contributed by atoms with Crippen molar-refractivity contribution >= 4 is 111 Å². The fraction of sp³-hybridized carbons (Fsp3) is 0. The molecule has 13 aromatic carbocycles. The number of thiophene rings is 1. The van der Waals surface area contributed by atoms with Gasteiger partial charge in [-0.15, -0.1) is 11.3 Å². The lowest BCUT2D eigenvalue weighted by Crippen LogP contribution is -2.61. The van der Waals surface area contributed by atoms with E-state index in [9.17, 15) is 0 Å². The van der Waals surface area contributed by atoms with Crippen LogP contribution in [0, 0.1) is 0 Å². The van der Waals surface area contributed by atoms with Crippen molar-refractivity contribution in [3.05, 3.63) is 315 Å². The first-order valence-corrected chi connectivity index (χ1v) is 32.8. The SMILES string of the molecule is c1ccc(-c2nc(-c3ccccc3)nc(-c3ccc(-n4c5ccccc5c5c6sc7ccccc7c6ccc54)c(-c4nc(-c5ccccc5)nc(-c5cccc(-c6cccc(N7c8ccccc8B8c9ccccc9N(c9ccccc9)c9cccc7c98)c6)c5)n4)c3)n2)cc1. The molecule has 2 aliphatic heterocycles. The molecule has 0 radical (unpaired) electrons. The number of nitrogens with zero attached hydrogens (tertiary/aromatic N) is 9. The van der Waals surface area contributed by atoms with Crippen LogP contribution in [0.2, 0.25) is 0 Å². The van der Waals surface area contributed by atoms with Crippen LogP contribution < -0.4 is 26.2 Å². The van der Waals surface area contributed by atoms with Crippen molar-refractivity contribution in [3.63, 3.8) is 0 Å². The number of hydrogen-bond acceptors (Lipinski definition) is 9. The van der Waals surface area contributed by atoms with Gasteiger partial charge in [0, 0.05) is 98.4 Å². The third kappa shape index (κ3) is 9.00. The van der Waals surface area contributed by atoms with Crippen molar-refractivity contribution in [3.8, 4) is 85.1 Å². The summed E-state index contributed by atoms with van der Waals surface area (Å²) in [4.78, 5) is 37.0. The number of hydrogen-bond donors (Lipinski definition) is 0. The second-order valence-corrected chi connectivity index (χ2v) is 25.2. The summed E-state index contributed by atoms with van der Waals surface area (Å²) in [6, 6.07) is 112. The molecule has 95 heavy (non-hydrogen) atoms. The van der Waals surface area contributed by atoms with E-state index in [0.717, 1.165) is 89.4 Å². The maximum Gasteiger partial charge on any atom is 0.252 e. The molecule has 0 fully saturated rings. The van der Waals surface area contributed by atoms with E-state index in [0.29, 0.717) is 34.9 Å². The van der Waals surface area contributed by atoms with Gasteiger partial charge in [-0.3, -0.25) is 0 Å². The van der Waals surface area contributed by atoms with Crippen LogP contribution in [0.15, 0.2) is 315 Å². The van der Waals surface area contributed by atoms with Crippen molar-refractivity contribution in [2.75, 3.05) is 9.80 Å². The summed E-state index contributed by atoms with van der Waals surface area (Å²) in [5.41, 5.74) is 20.8. The first-order valence-electron chi connectivity index (χ1n) is 32.0. The van der Waals surface area contributed by atoms with Gasteiger partial charge in [0.25, 0.3) is 6.71 Å². The molecular formula is C84H52BN9S. The third-order valence-electron chi connectivity index (χ3n) is 18.7. The molecule has 442 valence electrons. The van der Waals surface area contributed by atoms with Crippen LogP contribution in [0.1, 0.15) is 0 Å². The monoisotopic (exact) mass is 1230 g/mol. The molecule has 0 spiro atoms. The second-order valence-electron chi connectivity index (χ2n) is 24.1. The highest BCUT2D eigenvalue weighted by Gasteiger charge is 2.43. The fourth-order valence-corrected chi connectivity index (χ4v) is 15.7. The molecule has 0 amide bonds. The molecule has 0 bridgehead atoms. The van der Waals surface area contributed by atoms with E-state index in [1.54, 1.807) is 0 Å². The minimum atomic E-state index is 0.0402. The van der Waals surface area contributed by atoms with Crippen LogP contribution in [0.5, 0.6) is 0 Å². The second kappa shape index (κ2) is 22.2. The van der Waals surface area contributed by atoms with Gasteiger partial charge < -0.3 is 14.4 Å².